The van der Waals surface area contributed by atoms with Crippen LogP contribution in [0.5, 0.6) is 0 Å². The Labute approximate surface area is 337 Å². The fourth-order valence-electron chi connectivity index (χ4n) is 5.66. The van der Waals surface area contributed by atoms with Gasteiger partial charge in [-0.3, -0.25) is 0 Å². The second-order valence-corrected chi connectivity index (χ2v) is 12.5. The Hall–Kier alpha value is -4.21. The lowest BCUT2D eigenvalue weighted by Crippen LogP contribution is -2.34. The van der Waals surface area contributed by atoms with Crippen molar-refractivity contribution in [1.82, 2.24) is 5.32 Å². The van der Waals surface area contributed by atoms with Gasteiger partial charge in [0.15, 0.2) is 0 Å². The van der Waals surface area contributed by atoms with Gasteiger partial charge >= 0.3 is 6.09 Å². The molecule has 0 unspecified atom stereocenters. The van der Waals surface area contributed by atoms with E-state index in [1.54, 1.807) is 0 Å². The minimum absolute atomic E-state index is 0.236. The van der Waals surface area contributed by atoms with Crippen molar-refractivity contribution in [1.29, 1.82) is 0 Å². The summed E-state index contributed by atoms with van der Waals surface area (Å²) in [5, 5.41) is 2.65. The van der Waals surface area contributed by atoms with E-state index in [9.17, 15) is 4.79 Å². The Morgan fingerprint density at radius 1 is 0.386 bits per heavy atom. The normalized spacial score (nSPS) is 11.4. The Kier molecular flexibility index (Phi) is 23.9. The van der Waals surface area contributed by atoms with Crippen molar-refractivity contribution in [2.24, 2.45) is 0 Å². The Balaban J connectivity index is 0.875. The van der Waals surface area contributed by atoms with E-state index < -0.39 is 11.7 Å². The first-order valence-corrected chi connectivity index (χ1v) is 19.7. The third-order valence-electron chi connectivity index (χ3n) is 8.42. The molecule has 0 saturated heterocycles. The zero-order valence-electron chi connectivity index (χ0n) is 33.0. The van der Waals surface area contributed by atoms with E-state index in [1.165, 1.54) is 0 Å². The standard InChI is InChI=1S/C45H59NO11/c47-44(56-39-40-13-5-1-6-14-40)46-21-22-48-23-24-49-25-26-50-27-28-51-29-30-52-31-32-53-33-34-54-35-36-55-37-38-57-45(41-15-7-2-8-16-41,42-17-9-3-10-18-42)43-19-11-4-12-20-43/h1-20H,21-39H2,(H,46,47). The van der Waals surface area contributed by atoms with Crippen LogP contribution in [0.1, 0.15) is 22.3 Å². The highest BCUT2D eigenvalue weighted by atomic mass is 16.6. The first-order chi connectivity index (χ1) is 28.3. The molecule has 4 aromatic carbocycles. The molecule has 0 aliphatic heterocycles. The van der Waals surface area contributed by atoms with Crippen LogP contribution in [0.3, 0.4) is 0 Å². The molecule has 57 heavy (non-hydrogen) atoms. The zero-order chi connectivity index (χ0) is 39.7. The maximum atomic E-state index is 11.7. The number of carbonyl (C=O) groups is 1. The predicted molar refractivity (Wildman–Crippen MR) is 216 cm³/mol. The van der Waals surface area contributed by atoms with E-state index in [1.807, 2.05) is 84.9 Å². The number of hydrogen-bond donors (Lipinski definition) is 1. The number of hydrogen-bond acceptors (Lipinski definition) is 11. The summed E-state index contributed by atoms with van der Waals surface area (Å²) in [6, 6.07) is 40.5. The summed E-state index contributed by atoms with van der Waals surface area (Å²) in [5.74, 6) is 0. The number of ether oxygens (including phenoxy) is 10. The summed E-state index contributed by atoms with van der Waals surface area (Å²) in [7, 11) is 0. The van der Waals surface area contributed by atoms with E-state index in [-0.39, 0.29) is 6.61 Å². The number of benzene rings is 4. The van der Waals surface area contributed by atoms with E-state index in [2.05, 4.69) is 41.7 Å². The van der Waals surface area contributed by atoms with Crippen LogP contribution in [-0.4, -0.2) is 125 Å². The van der Waals surface area contributed by atoms with E-state index in [0.29, 0.717) is 119 Å². The molecule has 0 atom stereocenters. The van der Waals surface area contributed by atoms with Gasteiger partial charge in [0, 0.05) is 6.54 Å². The number of carbonyl (C=O) groups excluding carboxylic acids is 1. The fourth-order valence-corrected chi connectivity index (χ4v) is 5.66. The van der Waals surface area contributed by atoms with Crippen LogP contribution in [0.15, 0.2) is 121 Å². The molecule has 0 fully saturated rings. The van der Waals surface area contributed by atoms with Crippen LogP contribution in [0.25, 0.3) is 0 Å². The molecular formula is C45H59NO11. The molecule has 12 nitrogen and oxygen atoms in total. The van der Waals surface area contributed by atoms with Crippen LogP contribution in [-0.2, 0) is 59.6 Å². The average Bonchev–Trinajstić information content (AvgIpc) is 3.26. The summed E-state index contributed by atoms with van der Waals surface area (Å²) in [5.41, 5.74) is 3.37. The number of amides is 1. The van der Waals surface area contributed by atoms with E-state index >= 15 is 0 Å². The largest absolute Gasteiger partial charge is 0.445 e. The second kappa shape index (κ2) is 29.9. The zero-order valence-corrected chi connectivity index (χ0v) is 33.0. The predicted octanol–water partition coefficient (Wildman–Crippen LogP) is 6.05. The highest BCUT2D eigenvalue weighted by Gasteiger charge is 2.37. The first kappa shape index (κ1) is 45.5. The van der Waals surface area contributed by atoms with E-state index in [0.717, 1.165) is 22.3 Å². The van der Waals surface area contributed by atoms with Crippen LogP contribution in [0.2, 0.25) is 0 Å². The monoisotopic (exact) mass is 789 g/mol. The third-order valence-corrected chi connectivity index (χ3v) is 8.42. The molecule has 0 saturated carbocycles. The molecule has 0 radical (unpaired) electrons. The van der Waals surface area contributed by atoms with Gasteiger partial charge in [-0.1, -0.05) is 121 Å². The van der Waals surface area contributed by atoms with Crippen molar-refractivity contribution >= 4 is 6.09 Å². The molecular weight excluding hydrogens is 730 g/mol. The maximum absolute atomic E-state index is 11.7. The third kappa shape index (κ3) is 18.7. The van der Waals surface area contributed by atoms with Gasteiger partial charge in [0.1, 0.15) is 12.2 Å². The van der Waals surface area contributed by atoms with Gasteiger partial charge in [0.25, 0.3) is 0 Å². The van der Waals surface area contributed by atoms with Crippen LogP contribution in [0, 0.1) is 0 Å². The molecule has 4 rings (SSSR count). The van der Waals surface area contributed by atoms with Crippen LogP contribution < -0.4 is 5.32 Å². The average molecular weight is 790 g/mol. The smallest absolute Gasteiger partial charge is 0.407 e. The minimum atomic E-state index is -0.757. The van der Waals surface area contributed by atoms with Gasteiger partial charge < -0.3 is 52.7 Å². The van der Waals surface area contributed by atoms with Crippen molar-refractivity contribution in [3.63, 3.8) is 0 Å². The molecule has 4 aromatic rings. The number of alkyl carbamates (subject to hydrolysis) is 1. The fraction of sp³-hybridized carbons (Fsp3) is 0.444. The summed E-state index contributed by atoms with van der Waals surface area (Å²) in [6.45, 7) is 8.43. The van der Waals surface area contributed by atoms with Crippen molar-refractivity contribution in [3.8, 4) is 0 Å². The van der Waals surface area contributed by atoms with Gasteiger partial charge in [-0.25, -0.2) is 4.79 Å². The van der Waals surface area contributed by atoms with E-state index in [4.69, 9.17) is 47.4 Å². The lowest BCUT2D eigenvalue weighted by atomic mass is 9.80. The Morgan fingerprint density at radius 2 is 0.684 bits per heavy atom. The van der Waals surface area contributed by atoms with Crippen molar-refractivity contribution in [2.75, 3.05) is 119 Å². The quantitative estimate of drug-likeness (QED) is 0.0449. The lowest BCUT2D eigenvalue weighted by molar-refractivity contribution is -0.0398. The number of nitrogens with one attached hydrogen (secondary N) is 1. The highest BCUT2D eigenvalue weighted by Crippen LogP contribution is 2.40. The van der Waals surface area contributed by atoms with Crippen LogP contribution >= 0.6 is 0 Å². The molecule has 0 aliphatic carbocycles. The molecule has 0 heterocycles. The van der Waals surface area contributed by atoms with Crippen molar-refractivity contribution in [2.45, 2.75) is 12.2 Å². The topological polar surface area (TPSA) is 121 Å². The van der Waals surface area contributed by atoms with Gasteiger partial charge in [0.2, 0.25) is 0 Å². The highest BCUT2D eigenvalue weighted by molar-refractivity contribution is 5.67. The molecule has 0 bridgehead atoms. The first-order valence-electron chi connectivity index (χ1n) is 19.7. The molecule has 0 aliphatic rings. The Bertz CT molecular complexity index is 1440. The van der Waals surface area contributed by atoms with Gasteiger partial charge in [-0.05, 0) is 22.3 Å². The summed E-state index contributed by atoms with van der Waals surface area (Å²) in [6.07, 6.45) is -0.470. The summed E-state index contributed by atoms with van der Waals surface area (Å²) in [4.78, 5) is 11.7. The van der Waals surface area contributed by atoms with Gasteiger partial charge in [-0.15, -0.1) is 0 Å². The van der Waals surface area contributed by atoms with Gasteiger partial charge in [-0.2, -0.15) is 0 Å². The number of rotatable bonds is 33. The molecule has 0 aromatic heterocycles. The summed E-state index contributed by atoms with van der Waals surface area (Å²) < 4.78 is 56.5. The molecule has 0 spiro atoms. The molecule has 12 heteroatoms. The maximum Gasteiger partial charge on any atom is 0.407 e. The SMILES string of the molecule is O=C(NCCOCCOCCOCCOCCOCCOCCOCCOCCOC(c1ccccc1)(c1ccccc1)c1ccccc1)OCc1ccccc1. The molecule has 310 valence electrons. The summed E-state index contributed by atoms with van der Waals surface area (Å²) >= 11 is 0. The van der Waals surface area contributed by atoms with Gasteiger partial charge in [0.05, 0.1) is 112 Å². The van der Waals surface area contributed by atoms with Crippen LogP contribution in [0.4, 0.5) is 4.79 Å². The van der Waals surface area contributed by atoms with Crippen molar-refractivity contribution in [3.05, 3.63) is 144 Å². The second-order valence-electron chi connectivity index (χ2n) is 12.5. The van der Waals surface area contributed by atoms with Crippen molar-refractivity contribution < 1.29 is 52.2 Å². The Morgan fingerprint density at radius 3 is 1.04 bits per heavy atom. The molecule has 1 N–H and O–H groups in total. The minimum Gasteiger partial charge on any atom is -0.445 e. The molecule has 1 amide bonds. The lowest BCUT2D eigenvalue weighted by Gasteiger charge is -2.36.